The normalized spacial score (nSPS) is 19.5. The number of benzene rings is 3. The third-order valence-electron chi connectivity index (χ3n) is 4.26. The van der Waals surface area contributed by atoms with Crippen molar-refractivity contribution < 1.29 is 5.11 Å². The van der Waals surface area contributed by atoms with Crippen molar-refractivity contribution in [3.05, 3.63) is 96.1 Å². The predicted molar refractivity (Wildman–Crippen MR) is 101 cm³/mol. The number of nitrogens with one attached hydrogen (secondary N) is 1. The molecule has 0 bridgehead atoms. The van der Waals surface area contributed by atoms with Crippen LogP contribution in [-0.4, -0.2) is 10.2 Å². The molecule has 1 aliphatic rings. The summed E-state index contributed by atoms with van der Waals surface area (Å²) in [5, 5.41) is 15.6. The monoisotopic (exact) mass is 332 g/mol. The second-order valence-corrected chi connectivity index (χ2v) is 6.07. The maximum absolute atomic E-state index is 11.9. The topological polar surface area (TPSA) is 35.5 Å². The Morgan fingerprint density at radius 2 is 1.38 bits per heavy atom. The van der Waals surface area contributed by atoms with Crippen molar-refractivity contribution in [3.8, 4) is 0 Å². The molecule has 3 aromatic carbocycles. The van der Waals surface area contributed by atoms with E-state index in [1.165, 1.54) is 0 Å². The third kappa shape index (κ3) is 2.19. The van der Waals surface area contributed by atoms with Gasteiger partial charge in [-0.3, -0.25) is 4.90 Å². The lowest BCUT2D eigenvalue weighted by atomic mass is 9.89. The zero-order chi connectivity index (χ0) is 16.6. The van der Waals surface area contributed by atoms with Crippen LogP contribution in [0.1, 0.15) is 11.1 Å². The van der Waals surface area contributed by atoms with Crippen LogP contribution in [0.25, 0.3) is 0 Å². The Morgan fingerprint density at radius 1 is 0.792 bits per heavy atom. The van der Waals surface area contributed by atoms with E-state index in [4.69, 9.17) is 12.2 Å². The highest BCUT2D eigenvalue weighted by Gasteiger charge is 2.45. The van der Waals surface area contributed by atoms with Gasteiger partial charge in [0, 0.05) is 22.5 Å². The Balaban J connectivity index is 2.01. The molecule has 3 aromatic rings. The van der Waals surface area contributed by atoms with E-state index < -0.39 is 5.72 Å². The molecule has 4 heteroatoms. The zero-order valence-corrected chi connectivity index (χ0v) is 13.7. The van der Waals surface area contributed by atoms with Gasteiger partial charge < -0.3 is 10.4 Å². The number of para-hydroxylation sites is 2. The summed E-state index contributed by atoms with van der Waals surface area (Å²) in [6.45, 7) is 0. The number of aliphatic hydroxyl groups is 1. The van der Waals surface area contributed by atoms with Crippen LogP contribution in [0.5, 0.6) is 0 Å². The molecule has 24 heavy (non-hydrogen) atoms. The Labute approximate surface area is 146 Å². The minimum atomic E-state index is -1.37. The van der Waals surface area contributed by atoms with E-state index in [2.05, 4.69) is 5.32 Å². The minimum absolute atomic E-state index is 0.464. The summed E-state index contributed by atoms with van der Waals surface area (Å²) in [4.78, 5) is 1.76. The predicted octanol–water partition coefficient (Wildman–Crippen LogP) is 4.10. The van der Waals surface area contributed by atoms with E-state index >= 15 is 0 Å². The van der Waals surface area contributed by atoms with Crippen molar-refractivity contribution in [2.24, 2.45) is 0 Å². The van der Waals surface area contributed by atoms with Gasteiger partial charge in [0.15, 0.2) is 10.8 Å². The van der Waals surface area contributed by atoms with E-state index in [1.807, 2.05) is 84.9 Å². The maximum atomic E-state index is 11.9. The van der Waals surface area contributed by atoms with Crippen LogP contribution in [0.3, 0.4) is 0 Å². The molecule has 3 nitrogen and oxygen atoms in total. The summed E-state index contributed by atoms with van der Waals surface area (Å²) in [6.07, 6.45) is 0. The van der Waals surface area contributed by atoms with E-state index in [1.54, 1.807) is 4.90 Å². The molecule has 1 heterocycles. The fourth-order valence-corrected chi connectivity index (χ4v) is 3.52. The molecule has 0 fully saturated rings. The third-order valence-corrected chi connectivity index (χ3v) is 4.55. The van der Waals surface area contributed by atoms with E-state index in [0.717, 1.165) is 22.5 Å². The molecule has 0 aromatic heterocycles. The van der Waals surface area contributed by atoms with Crippen molar-refractivity contribution in [3.63, 3.8) is 0 Å². The van der Waals surface area contributed by atoms with Gasteiger partial charge >= 0.3 is 0 Å². The number of rotatable bonds is 2. The molecule has 118 valence electrons. The lowest BCUT2D eigenvalue weighted by molar-refractivity contribution is 0.0906. The second kappa shape index (κ2) is 5.74. The van der Waals surface area contributed by atoms with Crippen LogP contribution < -0.4 is 10.2 Å². The average Bonchev–Trinajstić information content (AvgIpc) is 2.63. The summed E-state index contributed by atoms with van der Waals surface area (Å²) in [7, 11) is 0. The van der Waals surface area contributed by atoms with Crippen LogP contribution in [0, 0.1) is 0 Å². The smallest absolute Gasteiger partial charge is 0.199 e. The summed E-state index contributed by atoms with van der Waals surface area (Å²) >= 11 is 5.59. The SMILES string of the molecule is OC1(c2ccccc2)c2ccccc2NC(=S)N1c1ccccc1. The van der Waals surface area contributed by atoms with Crippen LogP contribution in [0.15, 0.2) is 84.9 Å². The highest BCUT2D eigenvalue weighted by atomic mass is 32.1. The van der Waals surface area contributed by atoms with Crippen molar-refractivity contribution in [2.45, 2.75) is 5.72 Å². The van der Waals surface area contributed by atoms with Crippen LogP contribution in [0.2, 0.25) is 0 Å². The van der Waals surface area contributed by atoms with Crippen molar-refractivity contribution in [1.82, 2.24) is 0 Å². The largest absolute Gasteiger partial charge is 0.363 e. The van der Waals surface area contributed by atoms with Crippen molar-refractivity contribution in [1.29, 1.82) is 0 Å². The van der Waals surface area contributed by atoms with Gasteiger partial charge in [-0.1, -0.05) is 66.7 Å². The molecular formula is C20H16N2OS. The summed E-state index contributed by atoms with van der Waals surface area (Å²) in [5.41, 5.74) is 1.82. The first-order chi connectivity index (χ1) is 11.7. The van der Waals surface area contributed by atoms with Gasteiger partial charge in [-0.05, 0) is 30.4 Å². The van der Waals surface area contributed by atoms with Gasteiger partial charge in [-0.25, -0.2) is 0 Å². The highest BCUT2D eigenvalue weighted by Crippen LogP contribution is 2.43. The molecule has 0 radical (unpaired) electrons. The van der Waals surface area contributed by atoms with Gasteiger partial charge in [0.25, 0.3) is 0 Å². The fourth-order valence-electron chi connectivity index (χ4n) is 3.17. The Bertz CT molecular complexity index is 882. The van der Waals surface area contributed by atoms with Gasteiger partial charge in [0.1, 0.15) is 0 Å². The van der Waals surface area contributed by atoms with Crippen LogP contribution in [0.4, 0.5) is 11.4 Å². The quantitative estimate of drug-likeness (QED) is 0.693. The number of hydrogen-bond donors (Lipinski definition) is 2. The minimum Gasteiger partial charge on any atom is -0.363 e. The molecule has 0 aliphatic carbocycles. The molecule has 1 aliphatic heterocycles. The Kier molecular flexibility index (Phi) is 3.56. The molecule has 4 rings (SSSR count). The van der Waals surface area contributed by atoms with Crippen molar-refractivity contribution in [2.75, 3.05) is 10.2 Å². The average molecular weight is 332 g/mol. The van der Waals surface area contributed by atoms with Crippen LogP contribution in [-0.2, 0) is 5.72 Å². The lowest BCUT2D eigenvalue weighted by Crippen LogP contribution is -2.55. The van der Waals surface area contributed by atoms with Gasteiger partial charge in [-0.2, -0.15) is 0 Å². The zero-order valence-electron chi connectivity index (χ0n) is 12.9. The maximum Gasteiger partial charge on any atom is 0.199 e. The van der Waals surface area contributed by atoms with Crippen molar-refractivity contribution >= 4 is 28.7 Å². The highest BCUT2D eigenvalue weighted by molar-refractivity contribution is 7.80. The van der Waals surface area contributed by atoms with Gasteiger partial charge in [0.05, 0.1) is 0 Å². The lowest BCUT2D eigenvalue weighted by Gasteiger charge is -2.46. The first-order valence-corrected chi connectivity index (χ1v) is 8.16. The van der Waals surface area contributed by atoms with Gasteiger partial charge in [0.2, 0.25) is 0 Å². The molecule has 1 unspecified atom stereocenters. The fraction of sp³-hybridized carbons (Fsp3) is 0.0500. The molecule has 0 spiro atoms. The molecule has 2 N–H and O–H groups in total. The standard InChI is InChI=1S/C20H16N2OS/c23-20(15-9-3-1-4-10-15)17-13-7-8-14-18(17)21-19(24)22(20)16-11-5-2-6-12-16/h1-14,23H,(H,21,24). The van der Waals surface area contributed by atoms with E-state index in [9.17, 15) is 5.11 Å². The number of thiocarbonyl (C=S) groups is 1. The number of nitrogens with zero attached hydrogens (tertiary/aromatic N) is 1. The van der Waals surface area contributed by atoms with Gasteiger partial charge in [-0.15, -0.1) is 0 Å². The van der Waals surface area contributed by atoms with Crippen LogP contribution >= 0.6 is 12.2 Å². The van der Waals surface area contributed by atoms with E-state index in [-0.39, 0.29) is 0 Å². The van der Waals surface area contributed by atoms with E-state index in [0.29, 0.717) is 5.11 Å². The molecule has 0 saturated heterocycles. The number of hydrogen-bond acceptors (Lipinski definition) is 2. The molecule has 0 amide bonds. The molecule has 0 saturated carbocycles. The number of fused-ring (bicyclic) bond motifs is 1. The Hall–Kier alpha value is -2.69. The summed E-state index contributed by atoms with van der Waals surface area (Å²) in [5.74, 6) is 0. The summed E-state index contributed by atoms with van der Waals surface area (Å²) < 4.78 is 0. The summed E-state index contributed by atoms with van der Waals surface area (Å²) in [6, 6.07) is 27.0. The number of anilines is 2. The molecule has 1 atom stereocenters. The Morgan fingerprint density at radius 3 is 2.08 bits per heavy atom. The first kappa shape index (κ1) is 14.9. The molecular weight excluding hydrogens is 316 g/mol. The second-order valence-electron chi connectivity index (χ2n) is 5.68. The first-order valence-electron chi connectivity index (χ1n) is 7.75.